The highest BCUT2D eigenvalue weighted by atomic mass is 16.5. The van der Waals surface area contributed by atoms with E-state index in [4.69, 9.17) is 9.47 Å². The number of piperidine rings is 1. The van der Waals surface area contributed by atoms with Crippen LogP contribution in [0.4, 0.5) is 0 Å². The predicted molar refractivity (Wildman–Crippen MR) is 114 cm³/mol. The van der Waals surface area contributed by atoms with Gasteiger partial charge in [0.15, 0.2) is 0 Å². The fourth-order valence-corrected chi connectivity index (χ4v) is 4.49. The number of carbonyl (C=O) groups is 2. The zero-order chi connectivity index (χ0) is 21.1. The van der Waals surface area contributed by atoms with Crippen LogP contribution in [0.3, 0.4) is 0 Å². The van der Waals surface area contributed by atoms with Crippen LogP contribution >= 0.6 is 0 Å². The van der Waals surface area contributed by atoms with Gasteiger partial charge in [0.1, 0.15) is 17.1 Å². The van der Waals surface area contributed by atoms with E-state index in [1.165, 1.54) is 11.1 Å². The molecule has 1 fully saturated rings. The molecule has 0 atom stereocenters. The number of likely N-dealkylation sites (tertiary alicyclic amines) is 1. The molecule has 0 bridgehead atoms. The first-order valence-corrected chi connectivity index (χ1v) is 10.5. The van der Waals surface area contributed by atoms with Crippen LogP contribution in [0.5, 0.6) is 11.5 Å². The molecule has 0 aromatic heterocycles. The van der Waals surface area contributed by atoms with Gasteiger partial charge in [-0.1, -0.05) is 30.3 Å². The average molecular weight is 408 g/mol. The van der Waals surface area contributed by atoms with Crippen molar-refractivity contribution in [3.05, 3.63) is 59.2 Å². The number of hydrogen-bond donors (Lipinski definition) is 0. The average Bonchev–Trinajstić information content (AvgIpc) is 2.82. The van der Waals surface area contributed by atoms with Gasteiger partial charge in [-0.15, -0.1) is 0 Å². The number of benzene rings is 2. The summed E-state index contributed by atoms with van der Waals surface area (Å²) >= 11 is 0. The molecule has 0 aliphatic carbocycles. The van der Waals surface area contributed by atoms with E-state index in [1.807, 2.05) is 11.0 Å². The molecular weight excluding hydrogens is 380 g/mol. The summed E-state index contributed by atoms with van der Waals surface area (Å²) in [4.78, 5) is 30.0. The van der Waals surface area contributed by atoms with Gasteiger partial charge < -0.3 is 19.3 Å². The van der Waals surface area contributed by atoms with Crippen molar-refractivity contribution < 1.29 is 19.1 Å². The van der Waals surface area contributed by atoms with Crippen molar-refractivity contribution >= 4 is 11.8 Å². The van der Waals surface area contributed by atoms with Crippen molar-refractivity contribution in [2.45, 2.75) is 25.8 Å². The van der Waals surface area contributed by atoms with E-state index >= 15 is 0 Å². The Labute approximate surface area is 177 Å². The van der Waals surface area contributed by atoms with E-state index in [2.05, 4.69) is 18.2 Å². The number of amides is 2. The lowest BCUT2D eigenvalue weighted by atomic mass is 9.92. The maximum Gasteiger partial charge on any atom is 0.261 e. The molecule has 0 spiro atoms. The first-order valence-electron chi connectivity index (χ1n) is 10.5. The molecule has 0 N–H and O–H groups in total. The van der Waals surface area contributed by atoms with E-state index < -0.39 is 0 Å². The molecule has 2 aromatic carbocycles. The minimum Gasteiger partial charge on any atom is -0.496 e. The number of fused-ring (bicyclic) bond motifs is 1. The molecule has 6 nitrogen and oxygen atoms in total. The summed E-state index contributed by atoms with van der Waals surface area (Å²) in [6.07, 6.45) is 2.27. The summed E-state index contributed by atoms with van der Waals surface area (Å²) in [6.45, 7) is 2.57. The standard InChI is InChI=1S/C24H28N2O4/c1-29-20-8-5-9-21(30-2)22(20)24(28)25-13-11-18(12-14-25)23(27)26-15-10-17-6-3-4-7-19(17)16-26/h3-9,18H,10-16H2,1-2H3. The number of methoxy groups -OCH3 is 2. The van der Waals surface area contributed by atoms with Gasteiger partial charge in [-0.2, -0.15) is 0 Å². The second kappa shape index (κ2) is 8.78. The Hall–Kier alpha value is -3.02. The van der Waals surface area contributed by atoms with E-state index in [0.29, 0.717) is 49.5 Å². The van der Waals surface area contributed by atoms with Gasteiger partial charge in [0.2, 0.25) is 5.91 Å². The quantitative estimate of drug-likeness (QED) is 0.780. The fourth-order valence-electron chi connectivity index (χ4n) is 4.49. The first kappa shape index (κ1) is 20.3. The molecule has 2 heterocycles. The van der Waals surface area contributed by atoms with Crippen molar-refractivity contribution in [2.24, 2.45) is 5.92 Å². The molecule has 0 unspecified atom stereocenters. The molecule has 0 saturated carbocycles. The Bertz CT molecular complexity index is 912. The smallest absolute Gasteiger partial charge is 0.261 e. The van der Waals surface area contributed by atoms with Crippen molar-refractivity contribution in [2.75, 3.05) is 33.9 Å². The molecule has 30 heavy (non-hydrogen) atoms. The van der Waals surface area contributed by atoms with E-state index in [9.17, 15) is 9.59 Å². The Morgan fingerprint density at radius 1 is 0.833 bits per heavy atom. The Kier molecular flexibility index (Phi) is 5.93. The minimum absolute atomic E-state index is 0.0288. The predicted octanol–water partition coefficient (Wildman–Crippen LogP) is 3.14. The van der Waals surface area contributed by atoms with Gasteiger partial charge in [-0.3, -0.25) is 9.59 Å². The molecule has 2 aliphatic rings. The maximum atomic E-state index is 13.1. The van der Waals surface area contributed by atoms with Gasteiger partial charge in [-0.05, 0) is 42.5 Å². The van der Waals surface area contributed by atoms with Crippen LogP contribution in [-0.4, -0.2) is 55.5 Å². The van der Waals surface area contributed by atoms with Crippen LogP contribution in [0, 0.1) is 5.92 Å². The summed E-state index contributed by atoms with van der Waals surface area (Å²) in [5.41, 5.74) is 3.03. The molecule has 2 aromatic rings. The summed E-state index contributed by atoms with van der Waals surface area (Å²) in [5, 5.41) is 0. The number of rotatable bonds is 4. The summed E-state index contributed by atoms with van der Waals surface area (Å²) in [6, 6.07) is 13.7. The van der Waals surface area contributed by atoms with Crippen LogP contribution in [-0.2, 0) is 17.8 Å². The van der Waals surface area contributed by atoms with E-state index in [1.54, 1.807) is 37.3 Å². The SMILES string of the molecule is COc1cccc(OC)c1C(=O)N1CCC(C(=O)N2CCc3ccccc3C2)CC1. The lowest BCUT2D eigenvalue weighted by molar-refractivity contribution is -0.137. The van der Waals surface area contributed by atoms with E-state index in [-0.39, 0.29) is 17.7 Å². The first-order chi connectivity index (χ1) is 14.6. The second-order valence-electron chi connectivity index (χ2n) is 7.88. The van der Waals surface area contributed by atoms with Crippen molar-refractivity contribution in [1.29, 1.82) is 0 Å². The molecule has 6 heteroatoms. The molecule has 1 saturated heterocycles. The van der Waals surface area contributed by atoms with Crippen LogP contribution < -0.4 is 9.47 Å². The zero-order valence-electron chi connectivity index (χ0n) is 17.6. The Morgan fingerprint density at radius 2 is 1.47 bits per heavy atom. The Morgan fingerprint density at radius 3 is 2.10 bits per heavy atom. The van der Waals surface area contributed by atoms with Gasteiger partial charge in [0.25, 0.3) is 5.91 Å². The highest BCUT2D eigenvalue weighted by Crippen LogP contribution is 2.31. The number of nitrogens with zero attached hydrogens (tertiary/aromatic N) is 2. The summed E-state index contributed by atoms with van der Waals surface area (Å²) in [7, 11) is 3.10. The zero-order valence-corrected chi connectivity index (χ0v) is 17.6. The van der Waals surface area contributed by atoms with E-state index in [0.717, 1.165) is 13.0 Å². The number of hydrogen-bond acceptors (Lipinski definition) is 4. The van der Waals surface area contributed by atoms with Crippen LogP contribution in [0.15, 0.2) is 42.5 Å². The monoisotopic (exact) mass is 408 g/mol. The third kappa shape index (κ3) is 3.86. The van der Waals surface area contributed by atoms with Crippen molar-refractivity contribution in [3.8, 4) is 11.5 Å². The third-order valence-electron chi connectivity index (χ3n) is 6.22. The van der Waals surface area contributed by atoms with Crippen LogP contribution in [0.25, 0.3) is 0 Å². The van der Waals surface area contributed by atoms with Gasteiger partial charge >= 0.3 is 0 Å². The normalized spacial score (nSPS) is 16.7. The van der Waals surface area contributed by atoms with Gasteiger partial charge in [0, 0.05) is 32.1 Å². The maximum absolute atomic E-state index is 13.1. The number of ether oxygens (including phenoxy) is 2. The summed E-state index contributed by atoms with van der Waals surface area (Å²) in [5.74, 6) is 1.08. The molecule has 158 valence electrons. The molecular formula is C24H28N2O4. The highest BCUT2D eigenvalue weighted by molar-refractivity contribution is 6.00. The molecule has 0 radical (unpaired) electrons. The van der Waals surface area contributed by atoms with Crippen LogP contribution in [0.1, 0.15) is 34.3 Å². The fraction of sp³-hybridized carbons (Fsp3) is 0.417. The van der Waals surface area contributed by atoms with Gasteiger partial charge in [-0.25, -0.2) is 0 Å². The largest absolute Gasteiger partial charge is 0.496 e. The van der Waals surface area contributed by atoms with Crippen molar-refractivity contribution in [3.63, 3.8) is 0 Å². The van der Waals surface area contributed by atoms with Crippen LogP contribution in [0.2, 0.25) is 0 Å². The lowest BCUT2D eigenvalue weighted by Gasteiger charge is -2.36. The molecule has 4 rings (SSSR count). The molecule has 2 amide bonds. The van der Waals surface area contributed by atoms with Crippen molar-refractivity contribution in [1.82, 2.24) is 9.80 Å². The topological polar surface area (TPSA) is 59.1 Å². The molecule has 2 aliphatic heterocycles. The lowest BCUT2D eigenvalue weighted by Crippen LogP contribution is -2.45. The van der Waals surface area contributed by atoms with Gasteiger partial charge in [0.05, 0.1) is 14.2 Å². The summed E-state index contributed by atoms with van der Waals surface area (Å²) < 4.78 is 10.8. The second-order valence-corrected chi connectivity index (χ2v) is 7.88. The Balaban J connectivity index is 1.40. The number of carbonyl (C=O) groups excluding carboxylic acids is 2. The third-order valence-corrected chi connectivity index (χ3v) is 6.22. The minimum atomic E-state index is -0.109. The highest BCUT2D eigenvalue weighted by Gasteiger charge is 2.33.